The van der Waals surface area contributed by atoms with E-state index in [-0.39, 0.29) is 5.91 Å². The predicted octanol–water partition coefficient (Wildman–Crippen LogP) is 3.83. The van der Waals surface area contributed by atoms with Gasteiger partial charge in [0.1, 0.15) is 0 Å². The number of amides is 1. The number of hydrogen-bond donors (Lipinski definition) is 1. The van der Waals surface area contributed by atoms with E-state index in [0.29, 0.717) is 23.2 Å². The molecular weight excluding hydrogens is 316 g/mol. The third kappa shape index (κ3) is 2.46. The maximum Gasteiger partial charge on any atom is 0.255 e. The number of carbonyl (C=O) groups is 1. The van der Waals surface area contributed by atoms with E-state index < -0.39 is 0 Å². The Morgan fingerprint density at radius 3 is 2.80 bits per heavy atom. The summed E-state index contributed by atoms with van der Waals surface area (Å²) in [4.78, 5) is 15.0. The number of nitrogens with zero attached hydrogens (tertiary/aromatic N) is 1. The van der Waals surface area contributed by atoms with Crippen molar-refractivity contribution >= 4 is 27.5 Å². The van der Waals surface area contributed by atoms with Crippen LogP contribution in [0, 0.1) is 5.92 Å². The highest BCUT2D eigenvalue weighted by atomic mass is 79.9. The van der Waals surface area contributed by atoms with Gasteiger partial charge in [0, 0.05) is 18.3 Å². The van der Waals surface area contributed by atoms with Gasteiger partial charge in [0.15, 0.2) is 0 Å². The summed E-state index contributed by atoms with van der Waals surface area (Å²) in [7, 11) is 0. The minimum atomic E-state index is 0.140. The fourth-order valence-corrected chi connectivity index (χ4v) is 4.18. The number of nitrogens with two attached hydrogens (primary N) is 1. The molecule has 0 spiro atoms. The Balaban J connectivity index is 1.87. The van der Waals surface area contributed by atoms with E-state index >= 15 is 0 Å². The Morgan fingerprint density at radius 2 is 1.95 bits per heavy atom. The molecule has 2 atom stereocenters. The molecule has 1 aromatic rings. The van der Waals surface area contributed by atoms with Crippen LogP contribution in [0.3, 0.4) is 0 Å². The molecule has 2 N–H and O–H groups in total. The minimum Gasteiger partial charge on any atom is -0.398 e. The molecule has 4 heteroatoms. The van der Waals surface area contributed by atoms with Crippen LogP contribution < -0.4 is 5.73 Å². The third-order valence-corrected chi connectivity index (χ3v) is 5.65. The number of likely N-dealkylation sites (tertiary alicyclic amines) is 1. The average molecular weight is 337 g/mol. The van der Waals surface area contributed by atoms with Gasteiger partial charge < -0.3 is 10.6 Å². The number of hydrogen-bond acceptors (Lipinski definition) is 2. The summed E-state index contributed by atoms with van der Waals surface area (Å²) in [6.07, 6.45) is 7.44. The van der Waals surface area contributed by atoms with Gasteiger partial charge in [0.05, 0.1) is 10.0 Å². The van der Waals surface area contributed by atoms with Gasteiger partial charge in [-0.1, -0.05) is 18.9 Å². The van der Waals surface area contributed by atoms with E-state index in [9.17, 15) is 4.79 Å². The molecule has 0 radical (unpaired) electrons. The molecule has 1 amide bonds. The molecule has 2 fully saturated rings. The summed E-state index contributed by atoms with van der Waals surface area (Å²) in [5.74, 6) is 0.849. The molecule has 3 nitrogen and oxygen atoms in total. The first-order chi connectivity index (χ1) is 9.68. The Bertz CT molecular complexity index is 515. The summed E-state index contributed by atoms with van der Waals surface area (Å²) in [5, 5.41) is 0. The highest BCUT2D eigenvalue weighted by Gasteiger charge is 2.36. The van der Waals surface area contributed by atoms with Crippen LogP contribution in [0.1, 0.15) is 48.9 Å². The second-order valence-corrected chi connectivity index (χ2v) is 6.75. The molecule has 0 bridgehead atoms. The Morgan fingerprint density at radius 1 is 1.20 bits per heavy atom. The summed E-state index contributed by atoms with van der Waals surface area (Å²) < 4.78 is 0.739. The van der Waals surface area contributed by atoms with E-state index in [1.807, 2.05) is 18.2 Å². The minimum absolute atomic E-state index is 0.140. The van der Waals surface area contributed by atoms with Gasteiger partial charge in [-0.05, 0) is 59.7 Å². The predicted molar refractivity (Wildman–Crippen MR) is 84.6 cm³/mol. The van der Waals surface area contributed by atoms with Gasteiger partial charge in [-0.3, -0.25) is 4.79 Å². The SMILES string of the molecule is Nc1cccc(C(=O)N2CCC[C@H]3CCCC[C@H]32)c1Br. The highest BCUT2D eigenvalue weighted by molar-refractivity contribution is 9.10. The van der Waals surface area contributed by atoms with Gasteiger partial charge in [0.25, 0.3) is 5.91 Å². The lowest BCUT2D eigenvalue weighted by molar-refractivity contribution is 0.0390. The summed E-state index contributed by atoms with van der Waals surface area (Å²) in [6, 6.07) is 5.99. The van der Waals surface area contributed by atoms with E-state index in [4.69, 9.17) is 5.73 Å². The van der Waals surface area contributed by atoms with Crippen LogP contribution in [-0.4, -0.2) is 23.4 Å². The average Bonchev–Trinajstić information content (AvgIpc) is 2.49. The molecule has 1 saturated carbocycles. The molecule has 0 unspecified atom stereocenters. The smallest absolute Gasteiger partial charge is 0.255 e. The van der Waals surface area contributed by atoms with Crippen LogP contribution in [0.5, 0.6) is 0 Å². The van der Waals surface area contributed by atoms with E-state index in [1.54, 1.807) is 0 Å². The van der Waals surface area contributed by atoms with Gasteiger partial charge >= 0.3 is 0 Å². The largest absolute Gasteiger partial charge is 0.398 e. The summed E-state index contributed by atoms with van der Waals surface area (Å²) in [5.41, 5.74) is 7.24. The molecule has 1 aromatic carbocycles. The maximum atomic E-state index is 12.9. The first kappa shape index (κ1) is 13.9. The van der Waals surface area contributed by atoms with Crippen LogP contribution in [0.2, 0.25) is 0 Å². The van der Waals surface area contributed by atoms with E-state index in [2.05, 4.69) is 20.8 Å². The molecule has 2 aliphatic rings. The fourth-order valence-electron chi connectivity index (χ4n) is 3.75. The monoisotopic (exact) mass is 336 g/mol. The Kier molecular flexibility index (Phi) is 4.01. The number of carbonyl (C=O) groups excluding carboxylic acids is 1. The second-order valence-electron chi connectivity index (χ2n) is 5.96. The van der Waals surface area contributed by atoms with Crippen LogP contribution in [0.25, 0.3) is 0 Å². The quantitative estimate of drug-likeness (QED) is 0.792. The zero-order valence-corrected chi connectivity index (χ0v) is 13.2. The van der Waals surface area contributed by atoms with Crippen molar-refractivity contribution in [3.8, 4) is 0 Å². The molecule has 0 aromatic heterocycles. The van der Waals surface area contributed by atoms with Gasteiger partial charge in [-0.15, -0.1) is 0 Å². The molecule has 1 saturated heterocycles. The van der Waals surface area contributed by atoms with Crippen molar-refractivity contribution in [1.82, 2.24) is 4.90 Å². The zero-order valence-electron chi connectivity index (χ0n) is 11.6. The lowest BCUT2D eigenvalue weighted by Gasteiger charge is -2.44. The molecule has 1 aliphatic heterocycles. The fraction of sp³-hybridized carbons (Fsp3) is 0.562. The van der Waals surface area contributed by atoms with Crippen molar-refractivity contribution in [3.05, 3.63) is 28.2 Å². The van der Waals surface area contributed by atoms with Crippen molar-refractivity contribution in [2.24, 2.45) is 5.92 Å². The first-order valence-corrected chi connectivity index (χ1v) is 8.32. The second kappa shape index (κ2) is 5.76. The Labute approximate surface area is 128 Å². The number of piperidine rings is 1. The van der Waals surface area contributed by atoms with Crippen LogP contribution in [0.4, 0.5) is 5.69 Å². The number of rotatable bonds is 1. The molecular formula is C16H21BrN2O. The van der Waals surface area contributed by atoms with Crippen molar-refractivity contribution in [2.75, 3.05) is 12.3 Å². The summed E-state index contributed by atoms with van der Waals surface area (Å²) in [6.45, 7) is 0.890. The first-order valence-electron chi connectivity index (χ1n) is 7.53. The van der Waals surface area contributed by atoms with Crippen LogP contribution in [-0.2, 0) is 0 Å². The van der Waals surface area contributed by atoms with Gasteiger partial charge in [0.2, 0.25) is 0 Å². The standard InChI is InChI=1S/C16H21BrN2O/c17-15-12(7-3-8-13(15)18)16(20)19-10-4-6-11-5-1-2-9-14(11)19/h3,7-8,11,14H,1-2,4-6,9-10,18H2/t11-,14-/m1/s1. The summed E-state index contributed by atoms with van der Waals surface area (Å²) >= 11 is 3.46. The van der Waals surface area contributed by atoms with Crippen LogP contribution in [0.15, 0.2) is 22.7 Å². The third-order valence-electron chi connectivity index (χ3n) is 4.76. The highest BCUT2D eigenvalue weighted by Crippen LogP contribution is 2.36. The lowest BCUT2D eigenvalue weighted by Crippen LogP contribution is -2.49. The number of benzene rings is 1. The molecule has 3 rings (SSSR count). The molecule has 1 aliphatic carbocycles. The van der Waals surface area contributed by atoms with Gasteiger partial charge in [-0.2, -0.15) is 0 Å². The molecule has 1 heterocycles. The molecule has 108 valence electrons. The van der Waals surface area contributed by atoms with Crippen molar-refractivity contribution < 1.29 is 4.79 Å². The number of fused-ring (bicyclic) bond motifs is 1. The zero-order chi connectivity index (χ0) is 14.1. The van der Waals surface area contributed by atoms with Crippen molar-refractivity contribution in [1.29, 1.82) is 0 Å². The van der Waals surface area contributed by atoms with Crippen molar-refractivity contribution in [3.63, 3.8) is 0 Å². The Hall–Kier alpha value is -1.03. The number of anilines is 1. The van der Waals surface area contributed by atoms with Gasteiger partial charge in [-0.25, -0.2) is 0 Å². The lowest BCUT2D eigenvalue weighted by atomic mass is 9.78. The number of nitrogen functional groups attached to an aromatic ring is 1. The van der Waals surface area contributed by atoms with E-state index in [0.717, 1.165) is 23.9 Å². The topological polar surface area (TPSA) is 46.3 Å². The normalized spacial score (nSPS) is 26.1. The van der Waals surface area contributed by atoms with Crippen molar-refractivity contribution in [2.45, 2.75) is 44.6 Å². The van der Waals surface area contributed by atoms with E-state index in [1.165, 1.54) is 25.7 Å². The maximum absolute atomic E-state index is 12.9. The van der Waals surface area contributed by atoms with Crippen LogP contribution >= 0.6 is 15.9 Å². The molecule has 20 heavy (non-hydrogen) atoms. The number of halogens is 1.